The van der Waals surface area contributed by atoms with Gasteiger partial charge in [-0.25, -0.2) is 9.80 Å². The van der Waals surface area contributed by atoms with Crippen molar-refractivity contribution in [1.82, 2.24) is 0 Å². The summed E-state index contributed by atoms with van der Waals surface area (Å²) in [7, 11) is 1.30. The average Bonchev–Trinajstić information content (AvgIpc) is 2.86. The number of hydrazone groups is 1. The van der Waals surface area contributed by atoms with Gasteiger partial charge in [-0.05, 0) is 36.8 Å². The van der Waals surface area contributed by atoms with Crippen molar-refractivity contribution in [2.75, 3.05) is 12.1 Å². The summed E-state index contributed by atoms with van der Waals surface area (Å²) in [5, 5.41) is 7.67. The molecule has 0 saturated carbocycles. The fourth-order valence-electron chi connectivity index (χ4n) is 2.92. The lowest BCUT2D eigenvalue weighted by Crippen LogP contribution is -2.43. The summed E-state index contributed by atoms with van der Waals surface area (Å²) in [6.45, 7) is 4.11. The lowest BCUT2D eigenvalue weighted by Gasteiger charge is -2.36. The van der Waals surface area contributed by atoms with Crippen molar-refractivity contribution in [2.45, 2.75) is 12.0 Å². The molecule has 0 fully saturated rings. The largest absolute Gasteiger partial charge is 0.464 e. The normalized spacial score (nSPS) is 26.6. The molecule has 1 unspecified atom stereocenters. The van der Waals surface area contributed by atoms with Crippen LogP contribution in [0.4, 0.5) is 5.69 Å². The number of hydrogen-bond acceptors (Lipinski definition) is 4. The molecular weight excluding hydrogens is 395 g/mol. The molecular formula is C19H15Cl3N2O2. The summed E-state index contributed by atoms with van der Waals surface area (Å²) in [5.74, 6) is -0.560. The van der Waals surface area contributed by atoms with Gasteiger partial charge in [0, 0.05) is 15.6 Å². The molecule has 1 aromatic carbocycles. The summed E-state index contributed by atoms with van der Waals surface area (Å²) in [6, 6.07) is 5.09. The fraction of sp³-hybridized carbons (Fsp3) is 0.158. The number of rotatable bonds is 2. The number of esters is 1. The van der Waals surface area contributed by atoms with Crippen LogP contribution in [0.3, 0.4) is 0 Å². The molecule has 0 aromatic heterocycles. The summed E-state index contributed by atoms with van der Waals surface area (Å²) in [4.78, 5) is 12.2. The molecule has 4 nitrogen and oxygen atoms in total. The number of anilines is 1. The second kappa shape index (κ2) is 7.31. The number of benzene rings is 1. The Labute approximate surface area is 166 Å². The molecule has 0 saturated heterocycles. The second-order valence-electron chi connectivity index (χ2n) is 5.77. The minimum atomic E-state index is -0.814. The van der Waals surface area contributed by atoms with E-state index in [1.165, 1.54) is 7.11 Å². The summed E-state index contributed by atoms with van der Waals surface area (Å²) >= 11 is 18.5. The van der Waals surface area contributed by atoms with Crippen molar-refractivity contribution in [1.29, 1.82) is 0 Å². The van der Waals surface area contributed by atoms with Crippen LogP contribution < -0.4 is 5.01 Å². The summed E-state index contributed by atoms with van der Waals surface area (Å²) in [5.41, 5.74) is 0.450. The monoisotopic (exact) mass is 408 g/mol. The highest BCUT2D eigenvalue weighted by atomic mass is 35.5. The molecule has 1 aromatic rings. The van der Waals surface area contributed by atoms with Gasteiger partial charge in [-0.2, -0.15) is 5.10 Å². The topological polar surface area (TPSA) is 41.9 Å². The molecule has 1 heterocycles. The van der Waals surface area contributed by atoms with Crippen molar-refractivity contribution in [3.63, 3.8) is 0 Å². The Balaban J connectivity index is 2.19. The average molecular weight is 410 g/mol. The van der Waals surface area contributed by atoms with Gasteiger partial charge in [-0.15, -0.1) is 0 Å². The second-order valence-corrected chi connectivity index (χ2v) is 7.05. The third-order valence-electron chi connectivity index (χ3n) is 4.24. The van der Waals surface area contributed by atoms with Crippen molar-refractivity contribution in [2.24, 2.45) is 5.10 Å². The molecule has 1 aliphatic heterocycles. The molecule has 134 valence electrons. The lowest BCUT2D eigenvalue weighted by molar-refractivity contribution is -0.132. The van der Waals surface area contributed by atoms with E-state index < -0.39 is 11.5 Å². The number of allylic oxidation sites excluding steroid dienone is 4. The molecule has 26 heavy (non-hydrogen) atoms. The maximum absolute atomic E-state index is 12.2. The van der Waals surface area contributed by atoms with E-state index in [-0.39, 0.29) is 5.71 Å². The smallest absolute Gasteiger partial charge is 0.358 e. The Kier molecular flexibility index (Phi) is 5.28. The first-order valence-corrected chi connectivity index (χ1v) is 8.86. The Morgan fingerprint density at radius 2 is 2.12 bits per heavy atom. The van der Waals surface area contributed by atoms with Gasteiger partial charge >= 0.3 is 5.97 Å². The van der Waals surface area contributed by atoms with Crippen LogP contribution in [0, 0.1) is 0 Å². The molecule has 0 amide bonds. The number of methoxy groups -OCH3 is 1. The molecule has 2 aliphatic rings. The quantitative estimate of drug-likeness (QED) is 0.624. The van der Waals surface area contributed by atoms with E-state index in [1.807, 2.05) is 18.2 Å². The number of ether oxygens (including phenoxy) is 1. The zero-order chi connectivity index (χ0) is 18.9. The van der Waals surface area contributed by atoms with E-state index in [0.717, 1.165) is 0 Å². The molecule has 3 rings (SSSR count). The van der Waals surface area contributed by atoms with Crippen molar-refractivity contribution in [3.8, 4) is 0 Å². The van der Waals surface area contributed by atoms with E-state index in [1.54, 1.807) is 35.4 Å². The zero-order valence-corrected chi connectivity index (χ0v) is 16.1. The van der Waals surface area contributed by atoms with E-state index in [4.69, 9.17) is 39.5 Å². The maximum atomic E-state index is 12.2. The predicted molar refractivity (Wildman–Crippen MR) is 107 cm³/mol. The van der Waals surface area contributed by atoms with Crippen LogP contribution in [-0.2, 0) is 9.53 Å². The highest BCUT2D eigenvalue weighted by Crippen LogP contribution is 2.44. The van der Waals surface area contributed by atoms with Crippen LogP contribution in [0.1, 0.15) is 6.42 Å². The molecule has 1 spiro atoms. The number of nitrogens with zero attached hydrogens (tertiary/aromatic N) is 2. The molecule has 1 atom stereocenters. The Hall–Kier alpha value is -2.01. The van der Waals surface area contributed by atoms with Gasteiger partial charge in [0.15, 0.2) is 5.71 Å². The third-order valence-corrected chi connectivity index (χ3v) is 5.03. The van der Waals surface area contributed by atoms with Crippen molar-refractivity contribution in [3.05, 3.63) is 75.8 Å². The molecule has 1 aliphatic carbocycles. The van der Waals surface area contributed by atoms with Gasteiger partial charge in [-0.1, -0.05) is 59.6 Å². The molecule has 0 radical (unpaired) electrons. The van der Waals surface area contributed by atoms with Gasteiger partial charge in [0.25, 0.3) is 0 Å². The molecule has 7 heteroatoms. The number of carbonyl (C=O) groups excluding carboxylic acids is 1. The Morgan fingerprint density at radius 1 is 1.35 bits per heavy atom. The summed E-state index contributed by atoms with van der Waals surface area (Å²) in [6.07, 6.45) is 9.63. The zero-order valence-electron chi connectivity index (χ0n) is 13.9. The highest BCUT2D eigenvalue weighted by Gasteiger charge is 2.47. The SMILES string of the molecule is C=C1C(C(=O)OC)=NN(c2ccc(Cl)cc2Cl)C12/C=C/C=C(Cl)\C=C/C2. The summed E-state index contributed by atoms with van der Waals surface area (Å²) < 4.78 is 4.86. The minimum absolute atomic E-state index is 0.146. The number of carbonyl (C=O) groups is 1. The highest BCUT2D eigenvalue weighted by molar-refractivity contribution is 6.45. The standard InChI is InChI=1S/C19H15Cl3N2O2/c1-12-17(18(25)26-2)23-24(16-8-7-14(21)11-15(16)22)19(12)9-3-5-13(20)6-4-10-19/h3-9,11H,1,10H2,2H3/b6-4-,9-3+,13-5+. The molecule has 0 bridgehead atoms. The van der Waals surface area contributed by atoms with Gasteiger partial charge in [0.1, 0.15) is 5.54 Å². The fourth-order valence-corrected chi connectivity index (χ4v) is 3.57. The third kappa shape index (κ3) is 3.20. The lowest BCUT2D eigenvalue weighted by atomic mass is 9.83. The van der Waals surface area contributed by atoms with Gasteiger partial charge in [0.05, 0.1) is 17.8 Å². The van der Waals surface area contributed by atoms with Crippen molar-refractivity contribution < 1.29 is 9.53 Å². The predicted octanol–water partition coefficient (Wildman–Crippen LogP) is 5.28. The Bertz CT molecular complexity index is 902. The van der Waals surface area contributed by atoms with Crippen LogP contribution in [-0.4, -0.2) is 24.3 Å². The minimum Gasteiger partial charge on any atom is -0.464 e. The number of hydrogen-bond donors (Lipinski definition) is 0. The molecule has 0 N–H and O–H groups in total. The van der Waals surface area contributed by atoms with Gasteiger partial charge in [0.2, 0.25) is 0 Å². The van der Waals surface area contributed by atoms with Gasteiger partial charge < -0.3 is 4.74 Å². The van der Waals surface area contributed by atoms with Crippen LogP contribution in [0.2, 0.25) is 10.0 Å². The van der Waals surface area contributed by atoms with E-state index in [2.05, 4.69) is 11.7 Å². The van der Waals surface area contributed by atoms with E-state index >= 15 is 0 Å². The van der Waals surface area contributed by atoms with Gasteiger partial charge in [-0.3, -0.25) is 0 Å². The first-order valence-electron chi connectivity index (χ1n) is 7.72. The van der Waals surface area contributed by atoms with Crippen molar-refractivity contribution >= 4 is 52.2 Å². The maximum Gasteiger partial charge on any atom is 0.358 e. The van der Waals surface area contributed by atoms with Crippen LogP contribution in [0.5, 0.6) is 0 Å². The van der Waals surface area contributed by atoms with Crippen LogP contribution in [0.15, 0.2) is 70.9 Å². The Morgan fingerprint density at radius 3 is 2.81 bits per heavy atom. The van der Waals surface area contributed by atoms with E-state index in [0.29, 0.717) is 32.8 Å². The van der Waals surface area contributed by atoms with E-state index in [9.17, 15) is 4.79 Å². The van der Waals surface area contributed by atoms with Crippen LogP contribution >= 0.6 is 34.8 Å². The number of halogens is 3. The first kappa shape index (κ1) is 18.8. The van der Waals surface area contributed by atoms with Crippen LogP contribution in [0.25, 0.3) is 0 Å². The first-order chi connectivity index (χ1) is 12.4.